The number of ether oxygens (including phenoxy) is 4. The first-order valence-corrected chi connectivity index (χ1v) is 30.8. The lowest BCUT2D eigenvalue weighted by Crippen LogP contribution is -2.44. The molecule has 0 spiro atoms. The smallest absolute Gasteiger partial charge is 0.306 e. The number of esters is 2. The van der Waals surface area contributed by atoms with Crippen molar-refractivity contribution in [2.45, 2.75) is 322 Å². The van der Waals surface area contributed by atoms with Gasteiger partial charge in [-0.05, 0) is 38.5 Å². The number of unbranched alkanes of at least 4 members (excludes halogenated alkanes) is 41. The highest BCUT2D eigenvalue weighted by Gasteiger charge is 2.22. The number of allylic oxidation sites excluding steroid dienone is 2. The van der Waals surface area contributed by atoms with Gasteiger partial charge in [-0.25, -0.2) is 0 Å². The monoisotopic (exact) mass is 1010 g/mol. The number of aliphatic carboxylic acids is 1. The Morgan fingerprint density at radius 2 is 0.718 bits per heavy atom. The molecule has 0 amide bonds. The van der Waals surface area contributed by atoms with Crippen molar-refractivity contribution in [3.8, 4) is 0 Å². The van der Waals surface area contributed by atoms with Gasteiger partial charge in [0.25, 0.3) is 0 Å². The molecule has 0 aromatic heterocycles. The molecule has 0 aliphatic carbocycles. The number of rotatable bonds is 58. The van der Waals surface area contributed by atoms with Gasteiger partial charge in [0.15, 0.2) is 12.4 Å². The number of nitrogens with zero attached hydrogens (tertiary/aromatic N) is 1. The summed E-state index contributed by atoms with van der Waals surface area (Å²) < 4.78 is 22.7. The Morgan fingerprint density at radius 3 is 1.04 bits per heavy atom. The van der Waals surface area contributed by atoms with Crippen LogP contribution < -0.4 is 5.11 Å². The highest BCUT2D eigenvalue weighted by Crippen LogP contribution is 2.18. The quantitative estimate of drug-likeness (QED) is 0.0195. The molecule has 0 aliphatic heterocycles. The van der Waals surface area contributed by atoms with Crippen LogP contribution >= 0.6 is 0 Å². The van der Waals surface area contributed by atoms with E-state index in [1.165, 1.54) is 238 Å². The van der Waals surface area contributed by atoms with E-state index < -0.39 is 24.3 Å². The SMILES string of the molecule is CCCCCCCC/C=C\CCCCCCCCCCCC(=O)OC(COC(=O)CCCCCCCCCCCCCCCCCCCCCCCCCCCCC)COC(OCC[N+](C)(C)C)C(=O)[O-]. The van der Waals surface area contributed by atoms with Crippen LogP contribution in [0.4, 0.5) is 0 Å². The zero-order chi connectivity index (χ0) is 52.0. The Hall–Kier alpha value is -1.97. The summed E-state index contributed by atoms with van der Waals surface area (Å²) in [5.41, 5.74) is 0. The number of likely N-dealkylation sites (N-methyl/N-ethyl adjacent to an activating group) is 1. The average molecular weight is 1010 g/mol. The lowest BCUT2D eigenvalue weighted by molar-refractivity contribution is -0.870. The summed E-state index contributed by atoms with van der Waals surface area (Å²) in [5, 5.41) is 11.8. The molecule has 0 radical (unpaired) electrons. The van der Waals surface area contributed by atoms with Crippen LogP contribution in [0.25, 0.3) is 0 Å². The van der Waals surface area contributed by atoms with Crippen molar-refractivity contribution >= 4 is 17.9 Å². The van der Waals surface area contributed by atoms with Crippen molar-refractivity contribution < 1.29 is 42.9 Å². The molecule has 420 valence electrons. The van der Waals surface area contributed by atoms with E-state index in [0.717, 1.165) is 38.5 Å². The maximum Gasteiger partial charge on any atom is 0.306 e. The van der Waals surface area contributed by atoms with Crippen LogP contribution in [-0.2, 0) is 33.3 Å². The first kappa shape index (κ1) is 69.0. The molecule has 0 heterocycles. The summed E-state index contributed by atoms with van der Waals surface area (Å²) >= 11 is 0. The Morgan fingerprint density at radius 1 is 0.408 bits per heavy atom. The predicted molar refractivity (Wildman–Crippen MR) is 297 cm³/mol. The van der Waals surface area contributed by atoms with Gasteiger partial charge in [0.1, 0.15) is 13.2 Å². The molecular formula is C62H119NO8. The first-order valence-electron chi connectivity index (χ1n) is 30.8. The second kappa shape index (κ2) is 54.3. The van der Waals surface area contributed by atoms with Crippen LogP contribution in [0.1, 0.15) is 309 Å². The summed E-state index contributed by atoms with van der Waals surface area (Å²) in [6.07, 6.45) is 59.9. The van der Waals surface area contributed by atoms with E-state index in [-0.39, 0.29) is 32.2 Å². The molecule has 0 saturated heterocycles. The summed E-state index contributed by atoms with van der Waals surface area (Å²) in [6, 6.07) is 0. The molecule has 0 bridgehead atoms. The fourth-order valence-electron chi connectivity index (χ4n) is 9.24. The third kappa shape index (κ3) is 55.6. The Bertz CT molecular complexity index is 1170. The normalized spacial score (nSPS) is 12.7. The van der Waals surface area contributed by atoms with E-state index in [2.05, 4.69) is 26.0 Å². The number of carboxylic acid groups (broad SMARTS) is 1. The van der Waals surface area contributed by atoms with Crippen molar-refractivity contribution in [3.63, 3.8) is 0 Å². The van der Waals surface area contributed by atoms with Gasteiger partial charge >= 0.3 is 11.9 Å². The summed E-state index contributed by atoms with van der Waals surface area (Å²) in [7, 11) is 5.93. The van der Waals surface area contributed by atoms with Gasteiger partial charge in [-0.3, -0.25) is 9.59 Å². The lowest BCUT2D eigenvalue weighted by Gasteiger charge is -2.26. The molecule has 0 N–H and O–H groups in total. The minimum Gasteiger partial charge on any atom is -0.545 e. The van der Waals surface area contributed by atoms with E-state index in [4.69, 9.17) is 18.9 Å². The number of carbonyl (C=O) groups is 3. The largest absolute Gasteiger partial charge is 0.545 e. The van der Waals surface area contributed by atoms with Gasteiger partial charge < -0.3 is 33.3 Å². The van der Waals surface area contributed by atoms with Crippen LogP contribution in [-0.4, -0.2) is 82.3 Å². The molecule has 9 heteroatoms. The summed E-state index contributed by atoms with van der Waals surface area (Å²) in [5.74, 6) is -2.26. The average Bonchev–Trinajstić information content (AvgIpc) is 3.34. The highest BCUT2D eigenvalue weighted by atomic mass is 16.7. The molecule has 0 fully saturated rings. The number of carbonyl (C=O) groups excluding carboxylic acids is 3. The molecule has 2 unspecified atom stereocenters. The van der Waals surface area contributed by atoms with E-state index in [1.807, 2.05) is 21.1 Å². The predicted octanol–water partition coefficient (Wildman–Crippen LogP) is 16.8. The van der Waals surface area contributed by atoms with Crippen molar-refractivity contribution in [2.75, 3.05) is 47.5 Å². The topological polar surface area (TPSA) is 111 Å². The fraction of sp³-hybridized carbons (Fsp3) is 0.919. The lowest BCUT2D eigenvalue weighted by atomic mass is 10.0. The van der Waals surface area contributed by atoms with E-state index >= 15 is 0 Å². The zero-order valence-corrected chi connectivity index (χ0v) is 47.9. The maximum absolute atomic E-state index is 12.9. The van der Waals surface area contributed by atoms with Gasteiger partial charge in [0, 0.05) is 12.8 Å². The second-order valence-corrected chi connectivity index (χ2v) is 22.4. The second-order valence-electron chi connectivity index (χ2n) is 22.4. The van der Waals surface area contributed by atoms with Crippen molar-refractivity contribution in [2.24, 2.45) is 0 Å². The minimum atomic E-state index is -1.62. The molecule has 2 atom stereocenters. The van der Waals surface area contributed by atoms with Gasteiger partial charge in [-0.15, -0.1) is 0 Å². The number of quaternary nitrogens is 1. The molecule has 0 rings (SSSR count). The molecule has 0 aliphatic rings. The number of hydrogen-bond acceptors (Lipinski definition) is 8. The Labute approximate surface area is 440 Å². The zero-order valence-electron chi connectivity index (χ0n) is 47.9. The van der Waals surface area contributed by atoms with E-state index in [9.17, 15) is 19.5 Å². The maximum atomic E-state index is 12.9. The highest BCUT2D eigenvalue weighted by molar-refractivity contribution is 5.70. The molecule has 0 saturated carbocycles. The van der Waals surface area contributed by atoms with Crippen LogP contribution in [0.15, 0.2) is 12.2 Å². The van der Waals surface area contributed by atoms with Crippen LogP contribution in [0.3, 0.4) is 0 Å². The molecule has 0 aromatic rings. The van der Waals surface area contributed by atoms with E-state index in [0.29, 0.717) is 23.9 Å². The fourth-order valence-corrected chi connectivity index (χ4v) is 9.24. The third-order valence-corrected chi connectivity index (χ3v) is 14.0. The van der Waals surface area contributed by atoms with Gasteiger partial charge in [0.05, 0.1) is 40.3 Å². The first-order chi connectivity index (χ1) is 34.6. The van der Waals surface area contributed by atoms with Crippen molar-refractivity contribution in [1.29, 1.82) is 0 Å². The molecule has 0 aromatic carbocycles. The number of carboxylic acids is 1. The number of hydrogen-bond donors (Lipinski definition) is 0. The minimum absolute atomic E-state index is 0.151. The Balaban J connectivity index is 4.13. The van der Waals surface area contributed by atoms with Crippen LogP contribution in [0.5, 0.6) is 0 Å². The molecule has 71 heavy (non-hydrogen) atoms. The van der Waals surface area contributed by atoms with Gasteiger partial charge in [0.2, 0.25) is 0 Å². The van der Waals surface area contributed by atoms with Crippen molar-refractivity contribution in [3.05, 3.63) is 12.2 Å². The standard InChI is InChI=1S/C62H119NO8/c1-6-8-10-12-14-16-18-20-22-24-26-27-28-29-30-31-32-33-35-36-38-40-42-44-46-48-50-52-59(64)69-56-58(57-70-62(61(66)67)68-55-54-63(3,4)5)71-60(65)53-51-49-47-45-43-41-39-37-34-25-23-21-19-17-15-13-11-9-7-2/h21,23,58,62H,6-20,22,24-57H2,1-5H3/b23-21-. The molecular weight excluding hydrogens is 887 g/mol. The van der Waals surface area contributed by atoms with Gasteiger partial charge in [-0.1, -0.05) is 270 Å². The van der Waals surface area contributed by atoms with Crippen LogP contribution in [0, 0.1) is 0 Å². The third-order valence-electron chi connectivity index (χ3n) is 14.0. The summed E-state index contributed by atoms with van der Waals surface area (Å²) in [4.78, 5) is 37.3. The molecule has 9 nitrogen and oxygen atoms in total. The van der Waals surface area contributed by atoms with E-state index in [1.54, 1.807) is 0 Å². The van der Waals surface area contributed by atoms with Crippen LogP contribution in [0.2, 0.25) is 0 Å². The Kier molecular flexibility index (Phi) is 52.8. The van der Waals surface area contributed by atoms with Gasteiger partial charge in [-0.2, -0.15) is 0 Å². The van der Waals surface area contributed by atoms with Crippen molar-refractivity contribution in [1.82, 2.24) is 0 Å². The summed E-state index contributed by atoms with van der Waals surface area (Å²) in [6.45, 7) is 4.80.